The Labute approximate surface area is 444 Å². The molecule has 426 valence electrons. The van der Waals surface area contributed by atoms with Gasteiger partial charge in [-0.05, 0) is 113 Å². The summed E-state index contributed by atoms with van der Waals surface area (Å²) in [6, 6.07) is -1.23. The largest absolute Gasteiger partial charge is 0.460 e. The van der Waals surface area contributed by atoms with Crippen LogP contribution in [0, 0.1) is 35.5 Å². The molecule has 0 spiro atoms. The van der Waals surface area contributed by atoms with Gasteiger partial charge in [-0.15, -0.1) is 0 Å². The Kier molecular flexibility index (Phi) is 25.6. The van der Waals surface area contributed by atoms with Gasteiger partial charge in [-0.2, -0.15) is 0 Å². The molecule has 2 saturated heterocycles. The van der Waals surface area contributed by atoms with Crippen LogP contribution in [-0.2, 0) is 47.7 Å². The first-order valence-electron chi connectivity index (χ1n) is 27.4. The molecule has 5 unspecified atom stereocenters. The first-order valence-corrected chi connectivity index (χ1v) is 27.4. The fourth-order valence-electron chi connectivity index (χ4n) is 11.0. The van der Waals surface area contributed by atoms with E-state index in [-0.39, 0.29) is 68.2 Å². The van der Waals surface area contributed by atoms with Gasteiger partial charge in [0.15, 0.2) is 5.78 Å². The number of ether oxygens (including phenoxy) is 5. The molecule has 0 aromatic heterocycles. The number of cyclic esters (lactones) is 1. The van der Waals surface area contributed by atoms with Gasteiger partial charge in [-0.3, -0.25) is 19.2 Å². The van der Waals surface area contributed by atoms with Crippen LogP contribution in [0.3, 0.4) is 0 Å². The van der Waals surface area contributed by atoms with E-state index in [4.69, 9.17) is 23.7 Å². The highest BCUT2D eigenvalue weighted by Crippen LogP contribution is 2.38. The van der Waals surface area contributed by atoms with Crippen LogP contribution in [0.5, 0.6) is 0 Å². The van der Waals surface area contributed by atoms with Crippen molar-refractivity contribution in [1.82, 2.24) is 4.90 Å². The topological polar surface area (TPSA) is 276 Å². The molecule has 0 aromatic carbocycles. The van der Waals surface area contributed by atoms with E-state index >= 15 is 0 Å². The first kappa shape index (κ1) is 64.0. The SMILES string of the molecule is CCC(O)C(O)C(O)C(O)CO[C@@H]1C[C@@H]2CC[C@@H](C)[C@@](O)(O2)C(=O)C(=O)N2CCCC[C@H]2C(=O)O[C@H]([C@H](C)C[C@@H]2CC[C@@H](O)[C@H](OC)C2)CC(=O)[C@H](C)/C=C(\C)[C@@H](O)C(OC)C(=O)[C@H](C)C[C@H](C)/C=C/C=C/C=C/1C. The zero-order valence-electron chi connectivity index (χ0n) is 46.1. The van der Waals surface area contributed by atoms with Gasteiger partial charge in [-0.25, -0.2) is 4.79 Å². The molecule has 3 aliphatic heterocycles. The number of piperidine rings is 1. The average molecular weight is 1060 g/mol. The summed E-state index contributed by atoms with van der Waals surface area (Å²) in [5.41, 5.74) is 0.961. The zero-order valence-corrected chi connectivity index (χ0v) is 46.1. The first-order chi connectivity index (χ1) is 35.4. The Hall–Kier alpha value is -3.53. The van der Waals surface area contributed by atoms with Crippen molar-refractivity contribution in [2.75, 3.05) is 27.4 Å². The van der Waals surface area contributed by atoms with E-state index in [0.29, 0.717) is 62.5 Å². The second-order valence-corrected chi connectivity index (χ2v) is 22.2. The standard InChI is InChI=1S/C57H91NO17/c1-11-42(59)51(65)52(66)45(62)31-73-46-29-40-22-20-38(8)57(70,75-40)54(67)55(68)58-24-16-15-19-41(58)56(69)74-47(35(5)27-39-21-23-43(60)48(28-39)71-9)30-44(61)34(4)26-37(7)50(64)53(72-10)49(63)36(6)25-32(2)17-13-12-14-18-33(46)3/h12-14,17-18,26,32,34-36,38-43,45-48,50-53,59-60,62,64-66,70H,11,15-16,19-25,27-31H2,1-10H3/b14-12+,17-13+,33-18+,37-26+/t32-,34-,35-,36-,38-,39+,40+,41+,42?,43-,45?,46-,47+,48-,50-,51?,52?,53?,57-/m1/s1. The Bertz CT molecular complexity index is 2000. The highest BCUT2D eigenvalue weighted by atomic mass is 16.6. The maximum absolute atomic E-state index is 14.5. The van der Waals surface area contributed by atoms with Gasteiger partial charge < -0.3 is 64.3 Å². The summed E-state index contributed by atoms with van der Waals surface area (Å²) in [7, 11) is 2.89. The molecule has 4 aliphatic rings. The number of fused-ring (bicyclic) bond motifs is 3. The van der Waals surface area contributed by atoms with Crippen LogP contribution in [-0.4, -0.2) is 176 Å². The summed E-state index contributed by atoms with van der Waals surface area (Å²) in [5.74, 6) is -8.98. The molecule has 3 fully saturated rings. The highest BCUT2D eigenvalue weighted by Gasteiger charge is 2.53. The number of hydrogen-bond acceptors (Lipinski definition) is 17. The molecule has 0 aromatic rings. The lowest BCUT2D eigenvalue weighted by Gasteiger charge is -2.43. The molecule has 0 radical (unpaired) electrons. The van der Waals surface area contributed by atoms with Crippen molar-refractivity contribution in [3.05, 3.63) is 47.6 Å². The summed E-state index contributed by atoms with van der Waals surface area (Å²) >= 11 is 0. The van der Waals surface area contributed by atoms with Crippen LogP contribution in [0.2, 0.25) is 0 Å². The summed E-state index contributed by atoms with van der Waals surface area (Å²) < 4.78 is 29.8. The Morgan fingerprint density at radius 1 is 0.827 bits per heavy atom. The van der Waals surface area contributed by atoms with Crippen molar-refractivity contribution in [2.45, 2.75) is 218 Å². The number of methoxy groups -OCH3 is 2. The molecule has 1 aliphatic carbocycles. The molecule has 75 heavy (non-hydrogen) atoms. The number of esters is 1. The Morgan fingerprint density at radius 2 is 1.52 bits per heavy atom. The molecule has 19 atom stereocenters. The fourth-order valence-corrected chi connectivity index (χ4v) is 11.0. The van der Waals surface area contributed by atoms with E-state index in [1.165, 1.54) is 7.11 Å². The fraction of sp³-hybridized carbons (Fsp3) is 0.772. The number of aliphatic hydroxyl groups excluding tert-OH is 6. The maximum Gasteiger partial charge on any atom is 0.329 e. The lowest BCUT2D eigenvalue weighted by molar-refractivity contribution is -0.266. The van der Waals surface area contributed by atoms with E-state index in [0.717, 1.165) is 4.90 Å². The van der Waals surface area contributed by atoms with E-state index in [2.05, 4.69) is 0 Å². The van der Waals surface area contributed by atoms with Gasteiger partial charge in [-0.1, -0.05) is 78.0 Å². The summed E-state index contributed by atoms with van der Waals surface area (Å²) in [6.45, 7) is 13.4. The molecular formula is C57H91NO17. The smallest absolute Gasteiger partial charge is 0.329 e. The number of carbonyl (C=O) groups is 5. The van der Waals surface area contributed by atoms with Crippen molar-refractivity contribution in [3.8, 4) is 0 Å². The van der Waals surface area contributed by atoms with Crippen LogP contribution in [0.25, 0.3) is 0 Å². The predicted octanol–water partition coefficient (Wildman–Crippen LogP) is 4.40. The number of allylic oxidation sites excluding steroid dienone is 6. The molecule has 18 heteroatoms. The quantitative estimate of drug-likeness (QED) is 0.0810. The summed E-state index contributed by atoms with van der Waals surface area (Å²) in [4.78, 5) is 72.6. The van der Waals surface area contributed by atoms with Crippen LogP contribution in [0.15, 0.2) is 47.6 Å². The predicted molar refractivity (Wildman–Crippen MR) is 278 cm³/mol. The van der Waals surface area contributed by atoms with Crippen LogP contribution in [0.4, 0.5) is 0 Å². The molecule has 1 amide bonds. The van der Waals surface area contributed by atoms with E-state index in [1.807, 2.05) is 26.0 Å². The second-order valence-electron chi connectivity index (χ2n) is 22.2. The minimum Gasteiger partial charge on any atom is -0.460 e. The van der Waals surface area contributed by atoms with Gasteiger partial charge in [0.2, 0.25) is 5.79 Å². The van der Waals surface area contributed by atoms with Gasteiger partial charge in [0, 0.05) is 51.4 Å². The number of carbonyl (C=O) groups excluding carboxylic acids is 5. The number of Topliss-reactive ketones (excluding diaryl/α,β-unsaturated/α-hetero) is 3. The van der Waals surface area contributed by atoms with Crippen LogP contribution in [0.1, 0.15) is 139 Å². The van der Waals surface area contributed by atoms with E-state index in [9.17, 15) is 59.7 Å². The molecular weight excluding hydrogens is 971 g/mol. The van der Waals surface area contributed by atoms with Gasteiger partial charge in [0.25, 0.3) is 11.7 Å². The third kappa shape index (κ3) is 17.5. The lowest BCUT2D eigenvalue weighted by atomic mass is 9.78. The molecule has 2 bridgehead atoms. The minimum atomic E-state index is -2.61. The summed E-state index contributed by atoms with van der Waals surface area (Å²) in [6.07, 6.45) is 2.33. The number of hydrogen-bond donors (Lipinski definition) is 7. The summed E-state index contributed by atoms with van der Waals surface area (Å²) in [5, 5.41) is 76.2. The Balaban J connectivity index is 1.73. The third-order valence-corrected chi connectivity index (χ3v) is 16.2. The third-order valence-electron chi connectivity index (χ3n) is 16.2. The van der Waals surface area contributed by atoms with E-state index in [1.54, 1.807) is 73.0 Å². The molecule has 7 N–H and O–H groups in total. The van der Waals surface area contributed by atoms with Gasteiger partial charge in [0.1, 0.15) is 48.4 Å². The monoisotopic (exact) mass is 1060 g/mol. The second kappa shape index (κ2) is 30.0. The van der Waals surface area contributed by atoms with Gasteiger partial charge >= 0.3 is 5.97 Å². The number of rotatable bonds is 12. The zero-order chi connectivity index (χ0) is 55.9. The average Bonchev–Trinajstić information content (AvgIpc) is 3.39. The van der Waals surface area contributed by atoms with Crippen molar-refractivity contribution in [2.24, 2.45) is 35.5 Å². The van der Waals surface area contributed by atoms with Crippen molar-refractivity contribution >= 4 is 29.2 Å². The van der Waals surface area contributed by atoms with Crippen LogP contribution < -0.4 is 0 Å². The van der Waals surface area contributed by atoms with Crippen molar-refractivity contribution in [1.29, 1.82) is 0 Å². The molecule has 1 saturated carbocycles. The Morgan fingerprint density at radius 3 is 2.19 bits per heavy atom. The van der Waals surface area contributed by atoms with Crippen molar-refractivity contribution in [3.63, 3.8) is 0 Å². The lowest BCUT2D eigenvalue weighted by Crippen LogP contribution is -2.61. The number of nitrogens with zero attached hydrogens (tertiary/aromatic N) is 1. The van der Waals surface area contributed by atoms with E-state index < -0.39 is 121 Å². The van der Waals surface area contributed by atoms with Crippen molar-refractivity contribution < 1.29 is 83.4 Å². The minimum absolute atomic E-state index is 0.00699. The van der Waals surface area contributed by atoms with Crippen LogP contribution >= 0.6 is 0 Å². The molecule has 4 rings (SSSR count). The number of ketones is 3. The number of amides is 1. The maximum atomic E-state index is 14.5. The number of aliphatic hydroxyl groups is 7. The highest BCUT2D eigenvalue weighted by molar-refractivity contribution is 6.39. The van der Waals surface area contributed by atoms with Gasteiger partial charge in [0.05, 0.1) is 37.1 Å². The molecule has 3 heterocycles. The molecule has 18 nitrogen and oxygen atoms in total. The normalized spacial score (nSPS) is 38.4.